The van der Waals surface area contributed by atoms with Gasteiger partial charge in [-0.1, -0.05) is 19.9 Å². The van der Waals surface area contributed by atoms with E-state index >= 15 is 0 Å². The highest BCUT2D eigenvalue weighted by atomic mass is 19.1. The molecule has 1 rings (SSSR count). The Morgan fingerprint density at radius 3 is 2.60 bits per heavy atom. The SMILES string of the molecule is CCC(=O)C(C)Cc1ccc(F)cc1F. The van der Waals surface area contributed by atoms with Gasteiger partial charge in [0.15, 0.2) is 0 Å². The van der Waals surface area contributed by atoms with Gasteiger partial charge in [-0.05, 0) is 18.1 Å². The highest BCUT2D eigenvalue weighted by molar-refractivity contribution is 5.80. The second kappa shape index (κ2) is 5.01. The molecule has 0 amide bonds. The van der Waals surface area contributed by atoms with Crippen LogP contribution in [0.3, 0.4) is 0 Å². The standard InChI is InChI=1S/C12H14F2O/c1-3-12(15)8(2)6-9-4-5-10(13)7-11(9)14/h4-5,7-8H,3,6H2,1-2H3. The molecule has 3 heteroatoms. The molecule has 1 unspecified atom stereocenters. The molecule has 1 atom stereocenters. The number of halogens is 2. The van der Waals surface area contributed by atoms with Gasteiger partial charge in [0.1, 0.15) is 17.4 Å². The molecule has 0 spiro atoms. The number of Topliss-reactive ketones (excluding diaryl/α,β-unsaturated/α-hetero) is 1. The van der Waals surface area contributed by atoms with Gasteiger partial charge in [0.25, 0.3) is 0 Å². The Kier molecular flexibility index (Phi) is 3.95. The highest BCUT2D eigenvalue weighted by Crippen LogP contribution is 2.15. The van der Waals surface area contributed by atoms with E-state index in [0.717, 1.165) is 6.07 Å². The molecule has 0 aliphatic carbocycles. The summed E-state index contributed by atoms with van der Waals surface area (Å²) >= 11 is 0. The Labute approximate surface area is 88.1 Å². The second-order valence-electron chi connectivity index (χ2n) is 3.66. The molecule has 0 aliphatic heterocycles. The van der Waals surface area contributed by atoms with E-state index < -0.39 is 11.6 Å². The number of benzene rings is 1. The van der Waals surface area contributed by atoms with Gasteiger partial charge in [-0.3, -0.25) is 4.79 Å². The van der Waals surface area contributed by atoms with Crippen LogP contribution in [0.2, 0.25) is 0 Å². The van der Waals surface area contributed by atoms with Crippen LogP contribution >= 0.6 is 0 Å². The van der Waals surface area contributed by atoms with Gasteiger partial charge in [-0.15, -0.1) is 0 Å². The molecule has 0 fully saturated rings. The zero-order valence-corrected chi connectivity index (χ0v) is 8.89. The molecule has 0 saturated carbocycles. The predicted molar refractivity (Wildman–Crippen MR) is 54.5 cm³/mol. The summed E-state index contributed by atoms with van der Waals surface area (Å²) < 4.78 is 25.8. The van der Waals surface area contributed by atoms with Crippen LogP contribution in [0.5, 0.6) is 0 Å². The maximum Gasteiger partial charge on any atom is 0.135 e. The van der Waals surface area contributed by atoms with Crippen molar-refractivity contribution >= 4 is 5.78 Å². The largest absolute Gasteiger partial charge is 0.299 e. The zero-order valence-electron chi connectivity index (χ0n) is 8.89. The molecule has 0 radical (unpaired) electrons. The Morgan fingerprint density at radius 2 is 2.07 bits per heavy atom. The third kappa shape index (κ3) is 3.11. The van der Waals surface area contributed by atoms with Gasteiger partial charge < -0.3 is 0 Å². The maximum atomic E-state index is 13.2. The molecule has 1 nitrogen and oxygen atoms in total. The van der Waals surface area contributed by atoms with Crippen molar-refractivity contribution in [1.29, 1.82) is 0 Å². The Morgan fingerprint density at radius 1 is 1.40 bits per heavy atom. The van der Waals surface area contributed by atoms with Crippen molar-refractivity contribution in [2.24, 2.45) is 5.92 Å². The highest BCUT2D eigenvalue weighted by Gasteiger charge is 2.14. The first-order chi connectivity index (χ1) is 7.04. The average molecular weight is 212 g/mol. The quantitative estimate of drug-likeness (QED) is 0.749. The van der Waals surface area contributed by atoms with Crippen LogP contribution in [0.4, 0.5) is 8.78 Å². The van der Waals surface area contributed by atoms with Crippen molar-refractivity contribution in [2.75, 3.05) is 0 Å². The Hall–Kier alpha value is -1.25. The Bertz CT molecular complexity index is 361. The summed E-state index contributed by atoms with van der Waals surface area (Å²) in [7, 11) is 0. The number of carbonyl (C=O) groups is 1. The lowest BCUT2D eigenvalue weighted by Crippen LogP contribution is -2.13. The summed E-state index contributed by atoms with van der Waals surface area (Å²) in [4.78, 5) is 11.3. The van der Waals surface area contributed by atoms with Crippen molar-refractivity contribution in [3.63, 3.8) is 0 Å². The number of ketones is 1. The molecule has 82 valence electrons. The number of hydrogen-bond acceptors (Lipinski definition) is 1. The zero-order chi connectivity index (χ0) is 11.4. The lowest BCUT2D eigenvalue weighted by molar-refractivity contribution is -0.122. The monoisotopic (exact) mass is 212 g/mol. The van der Waals surface area contributed by atoms with Crippen LogP contribution in [-0.4, -0.2) is 5.78 Å². The summed E-state index contributed by atoms with van der Waals surface area (Å²) in [6, 6.07) is 3.45. The van der Waals surface area contributed by atoms with Crippen LogP contribution in [0.25, 0.3) is 0 Å². The van der Waals surface area contributed by atoms with E-state index in [9.17, 15) is 13.6 Å². The van der Waals surface area contributed by atoms with E-state index in [4.69, 9.17) is 0 Å². The van der Waals surface area contributed by atoms with Crippen LogP contribution in [-0.2, 0) is 11.2 Å². The molecule has 15 heavy (non-hydrogen) atoms. The van der Waals surface area contributed by atoms with E-state index in [1.165, 1.54) is 12.1 Å². The summed E-state index contributed by atoms with van der Waals surface area (Å²) in [5, 5.41) is 0. The topological polar surface area (TPSA) is 17.1 Å². The first-order valence-corrected chi connectivity index (χ1v) is 5.01. The minimum atomic E-state index is -0.592. The van der Waals surface area contributed by atoms with Crippen molar-refractivity contribution in [3.05, 3.63) is 35.4 Å². The fourth-order valence-corrected chi connectivity index (χ4v) is 1.48. The van der Waals surface area contributed by atoms with Crippen LogP contribution in [0.1, 0.15) is 25.8 Å². The minimum Gasteiger partial charge on any atom is -0.299 e. The van der Waals surface area contributed by atoms with Gasteiger partial charge in [-0.25, -0.2) is 8.78 Å². The normalized spacial score (nSPS) is 12.5. The van der Waals surface area contributed by atoms with Crippen LogP contribution in [0, 0.1) is 17.6 Å². The van der Waals surface area contributed by atoms with E-state index in [2.05, 4.69) is 0 Å². The molecule has 1 aromatic carbocycles. The molecule has 1 aromatic rings. The van der Waals surface area contributed by atoms with Crippen molar-refractivity contribution in [1.82, 2.24) is 0 Å². The van der Waals surface area contributed by atoms with Crippen molar-refractivity contribution in [2.45, 2.75) is 26.7 Å². The van der Waals surface area contributed by atoms with E-state index in [-0.39, 0.29) is 11.7 Å². The third-order valence-electron chi connectivity index (χ3n) is 2.44. The van der Waals surface area contributed by atoms with E-state index in [0.29, 0.717) is 18.4 Å². The molecular weight excluding hydrogens is 198 g/mol. The summed E-state index contributed by atoms with van der Waals surface area (Å²) in [6.07, 6.45) is 0.781. The number of hydrogen-bond donors (Lipinski definition) is 0. The predicted octanol–water partition coefficient (Wildman–Crippen LogP) is 3.12. The molecule has 0 heterocycles. The van der Waals surface area contributed by atoms with Gasteiger partial charge in [0.2, 0.25) is 0 Å². The summed E-state index contributed by atoms with van der Waals surface area (Å²) in [6.45, 7) is 3.54. The fraction of sp³-hybridized carbons (Fsp3) is 0.417. The van der Waals surface area contributed by atoms with Gasteiger partial charge in [0.05, 0.1) is 0 Å². The lowest BCUT2D eigenvalue weighted by atomic mass is 9.95. The average Bonchev–Trinajstić information content (AvgIpc) is 2.20. The fourth-order valence-electron chi connectivity index (χ4n) is 1.48. The molecular formula is C12H14F2O. The maximum absolute atomic E-state index is 13.2. The first-order valence-electron chi connectivity index (χ1n) is 5.01. The molecule has 0 bridgehead atoms. The molecule has 0 aliphatic rings. The van der Waals surface area contributed by atoms with E-state index in [1.54, 1.807) is 13.8 Å². The lowest BCUT2D eigenvalue weighted by Gasteiger charge is -2.09. The summed E-state index contributed by atoms with van der Waals surface area (Å²) in [5.74, 6) is -1.29. The first kappa shape index (κ1) is 11.8. The minimum absolute atomic E-state index is 0.0960. The molecule has 0 saturated heterocycles. The smallest absolute Gasteiger partial charge is 0.135 e. The third-order valence-corrected chi connectivity index (χ3v) is 2.44. The molecule has 0 N–H and O–H groups in total. The Balaban J connectivity index is 2.76. The van der Waals surface area contributed by atoms with Gasteiger partial charge in [0, 0.05) is 18.4 Å². The van der Waals surface area contributed by atoms with E-state index in [1.807, 2.05) is 0 Å². The summed E-state index contributed by atoms with van der Waals surface area (Å²) in [5.41, 5.74) is 0.394. The second-order valence-corrected chi connectivity index (χ2v) is 3.66. The van der Waals surface area contributed by atoms with Gasteiger partial charge >= 0.3 is 0 Å². The number of carbonyl (C=O) groups excluding carboxylic acids is 1. The van der Waals surface area contributed by atoms with Crippen LogP contribution in [0.15, 0.2) is 18.2 Å². The van der Waals surface area contributed by atoms with Crippen molar-refractivity contribution in [3.8, 4) is 0 Å². The van der Waals surface area contributed by atoms with Crippen molar-refractivity contribution < 1.29 is 13.6 Å². The van der Waals surface area contributed by atoms with Gasteiger partial charge in [-0.2, -0.15) is 0 Å². The number of rotatable bonds is 4. The molecule has 0 aromatic heterocycles. The van der Waals surface area contributed by atoms with Crippen LogP contribution < -0.4 is 0 Å².